The molecule has 0 fully saturated rings. The number of hydrogen-bond donors (Lipinski definition) is 3. The Labute approximate surface area is 113 Å². The predicted molar refractivity (Wildman–Crippen MR) is 73.1 cm³/mol. The van der Waals surface area contributed by atoms with Gasteiger partial charge in [0, 0.05) is 28.5 Å². The van der Waals surface area contributed by atoms with Gasteiger partial charge in [-0.25, -0.2) is 0 Å². The Balaban J connectivity index is 2.67. The summed E-state index contributed by atoms with van der Waals surface area (Å²) in [5.41, 5.74) is 5.73. The number of rotatable bonds is 6. The zero-order chi connectivity index (χ0) is 12.1. The van der Waals surface area contributed by atoms with E-state index < -0.39 is 0 Å². The van der Waals surface area contributed by atoms with Crippen LogP contribution in [-0.4, -0.2) is 24.3 Å². The predicted octanol–water partition coefficient (Wildman–Crippen LogP) is 2.52. The molecule has 0 aliphatic heterocycles. The molecule has 2 unspecified atom stereocenters. The molecule has 2 atom stereocenters. The van der Waals surface area contributed by atoms with Crippen molar-refractivity contribution in [2.24, 2.45) is 5.73 Å². The number of aliphatic hydroxyl groups is 1. The number of aliphatic hydroxyl groups excluding tert-OH is 1. The third-order valence-corrected chi connectivity index (χ3v) is 4.88. The molecular weight excluding hydrogens is 312 g/mol. The smallest absolute Gasteiger partial charge is 0.107 e. The molecule has 6 heteroatoms. The van der Waals surface area contributed by atoms with Crippen LogP contribution in [0.25, 0.3) is 0 Å². The monoisotopic (exact) mass is 326 g/mol. The van der Waals surface area contributed by atoms with Crippen molar-refractivity contribution < 1.29 is 5.11 Å². The Kier molecular flexibility index (Phi) is 6.25. The van der Waals surface area contributed by atoms with E-state index in [9.17, 15) is 0 Å². The molecule has 0 spiro atoms. The molecular formula is C10H16BrClN2OS. The summed E-state index contributed by atoms with van der Waals surface area (Å²) in [6.45, 7) is 2.72. The average Bonchev–Trinajstić information content (AvgIpc) is 2.56. The molecule has 16 heavy (non-hydrogen) atoms. The first-order valence-corrected chi connectivity index (χ1v) is 7.09. The van der Waals surface area contributed by atoms with E-state index in [1.54, 1.807) is 0 Å². The number of nitrogens with two attached hydrogens (primary N) is 1. The highest BCUT2D eigenvalue weighted by Gasteiger charge is 2.16. The highest BCUT2D eigenvalue weighted by atomic mass is 79.9. The fraction of sp³-hybridized carbons (Fsp3) is 0.600. The lowest BCUT2D eigenvalue weighted by molar-refractivity contribution is 0.264. The second kappa shape index (κ2) is 6.93. The van der Waals surface area contributed by atoms with Crippen LogP contribution >= 0.6 is 38.9 Å². The molecule has 1 heterocycles. The summed E-state index contributed by atoms with van der Waals surface area (Å²) in [4.78, 5) is 1.11. The minimum atomic E-state index is 0.0929. The number of nitrogens with one attached hydrogen (secondary N) is 1. The van der Waals surface area contributed by atoms with Crippen LogP contribution in [0.5, 0.6) is 0 Å². The molecule has 0 radical (unpaired) electrons. The van der Waals surface area contributed by atoms with Crippen molar-refractivity contribution in [1.82, 2.24) is 5.32 Å². The summed E-state index contributed by atoms with van der Waals surface area (Å²) < 4.78 is 1.65. The Morgan fingerprint density at radius 1 is 1.69 bits per heavy atom. The first-order chi connectivity index (χ1) is 7.58. The fourth-order valence-corrected chi connectivity index (χ4v) is 3.23. The second-order valence-corrected chi connectivity index (χ2v) is 6.18. The van der Waals surface area contributed by atoms with E-state index in [1.807, 2.05) is 13.0 Å². The quantitative estimate of drug-likeness (QED) is 0.752. The summed E-state index contributed by atoms with van der Waals surface area (Å²) in [5, 5.41) is 12.2. The van der Waals surface area contributed by atoms with Gasteiger partial charge in [0.2, 0.25) is 0 Å². The van der Waals surface area contributed by atoms with E-state index in [-0.39, 0.29) is 18.7 Å². The molecule has 3 nitrogen and oxygen atoms in total. The van der Waals surface area contributed by atoms with Crippen molar-refractivity contribution in [3.63, 3.8) is 0 Å². The van der Waals surface area contributed by atoms with E-state index in [2.05, 4.69) is 21.2 Å². The zero-order valence-corrected chi connectivity index (χ0v) is 12.2. The van der Waals surface area contributed by atoms with Gasteiger partial charge in [-0.05, 0) is 35.3 Å². The maximum absolute atomic E-state index is 8.84. The van der Waals surface area contributed by atoms with E-state index in [0.29, 0.717) is 6.54 Å². The Morgan fingerprint density at radius 2 is 2.38 bits per heavy atom. The van der Waals surface area contributed by atoms with Crippen LogP contribution < -0.4 is 11.1 Å². The summed E-state index contributed by atoms with van der Waals surface area (Å²) in [6.07, 6.45) is 0.719. The molecule has 1 aromatic heterocycles. The standard InChI is InChI=1S/C10H16BrClN2OS/c1-6(2-3-15)14-8(5-13)9-4-7(11)10(12)16-9/h4,6,8,14-15H,2-3,5,13H2,1H3. The highest BCUT2D eigenvalue weighted by Crippen LogP contribution is 2.35. The maximum atomic E-state index is 8.84. The van der Waals surface area contributed by atoms with Crippen molar-refractivity contribution >= 4 is 38.9 Å². The van der Waals surface area contributed by atoms with E-state index in [0.717, 1.165) is 20.1 Å². The maximum Gasteiger partial charge on any atom is 0.107 e. The largest absolute Gasteiger partial charge is 0.396 e. The zero-order valence-electron chi connectivity index (χ0n) is 9.04. The van der Waals surface area contributed by atoms with Crippen LogP contribution in [0.3, 0.4) is 0 Å². The van der Waals surface area contributed by atoms with Gasteiger partial charge < -0.3 is 16.2 Å². The van der Waals surface area contributed by atoms with Gasteiger partial charge in [-0.2, -0.15) is 0 Å². The molecule has 0 bridgehead atoms. The molecule has 0 saturated heterocycles. The molecule has 92 valence electrons. The lowest BCUT2D eigenvalue weighted by Gasteiger charge is -2.20. The summed E-state index contributed by atoms with van der Waals surface area (Å²) in [5.74, 6) is 0. The third-order valence-electron chi connectivity index (χ3n) is 2.29. The van der Waals surface area contributed by atoms with Crippen LogP contribution in [-0.2, 0) is 0 Å². The van der Waals surface area contributed by atoms with Crippen LogP contribution in [0.2, 0.25) is 4.34 Å². The van der Waals surface area contributed by atoms with Crippen molar-refractivity contribution in [1.29, 1.82) is 0 Å². The van der Waals surface area contributed by atoms with Gasteiger partial charge in [-0.15, -0.1) is 11.3 Å². The SMILES string of the molecule is CC(CCO)NC(CN)c1cc(Br)c(Cl)s1. The third kappa shape index (κ3) is 3.98. The lowest BCUT2D eigenvalue weighted by atomic mass is 10.2. The van der Waals surface area contributed by atoms with E-state index >= 15 is 0 Å². The molecule has 4 N–H and O–H groups in total. The molecule has 0 aliphatic carbocycles. The van der Waals surface area contributed by atoms with E-state index in [1.165, 1.54) is 11.3 Å². The molecule has 0 aromatic carbocycles. The van der Waals surface area contributed by atoms with Crippen molar-refractivity contribution in [3.8, 4) is 0 Å². The van der Waals surface area contributed by atoms with Crippen LogP contribution in [0.4, 0.5) is 0 Å². The van der Waals surface area contributed by atoms with Gasteiger partial charge in [0.05, 0.1) is 6.04 Å². The fourth-order valence-electron chi connectivity index (χ4n) is 1.42. The van der Waals surface area contributed by atoms with Crippen molar-refractivity contribution in [2.75, 3.05) is 13.2 Å². The first-order valence-electron chi connectivity index (χ1n) is 5.10. The molecule has 0 saturated carbocycles. The van der Waals surface area contributed by atoms with Crippen molar-refractivity contribution in [3.05, 3.63) is 19.8 Å². The Morgan fingerprint density at radius 3 is 2.81 bits per heavy atom. The second-order valence-electron chi connectivity index (χ2n) is 3.64. The lowest BCUT2D eigenvalue weighted by Crippen LogP contribution is -2.35. The van der Waals surface area contributed by atoms with Gasteiger partial charge >= 0.3 is 0 Å². The molecule has 1 aromatic rings. The van der Waals surface area contributed by atoms with Gasteiger partial charge in [0.15, 0.2) is 0 Å². The van der Waals surface area contributed by atoms with Crippen LogP contribution in [0.15, 0.2) is 10.5 Å². The summed E-state index contributed by atoms with van der Waals surface area (Å²) in [7, 11) is 0. The number of halogens is 2. The molecule has 0 aliphatic rings. The van der Waals surface area contributed by atoms with Gasteiger partial charge in [0.25, 0.3) is 0 Å². The Hall–Kier alpha value is 0.350. The minimum Gasteiger partial charge on any atom is -0.396 e. The van der Waals surface area contributed by atoms with Gasteiger partial charge in [0.1, 0.15) is 4.34 Å². The molecule has 0 amide bonds. The molecule has 1 rings (SSSR count). The number of thiophene rings is 1. The highest BCUT2D eigenvalue weighted by molar-refractivity contribution is 9.10. The van der Waals surface area contributed by atoms with E-state index in [4.69, 9.17) is 22.4 Å². The Bertz CT molecular complexity index is 315. The van der Waals surface area contributed by atoms with Gasteiger partial charge in [-0.3, -0.25) is 0 Å². The number of hydrogen-bond acceptors (Lipinski definition) is 4. The summed E-state index contributed by atoms with van der Waals surface area (Å²) in [6, 6.07) is 2.32. The normalized spacial score (nSPS) is 15.1. The minimum absolute atomic E-state index is 0.0929. The van der Waals surface area contributed by atoms with Crippen LogP contribution in [0.1, 0.15) is 24.3 Å². The van der Waals surface area contributed by atoms with Crippen molar-refractivity contribution in [2.45, 2.75) is 25.4 Å². The topological polar surface area (TPSA) is 58.3 Å². The first kappa shape index (κ1) is 14.4. The average molecular weight is 328 g/mol. The van der Waals surface area contributed by atoms with Gasteiger partial charge in [-0.1, -0.05) is 11.6 Å². The van der Waals surface area contributed by atoms with Crippen LogP contribution in [0, 0.1) is 0 Å². The summed E-state index contributed by atoms with van der Waals surface area (Å²) >= 11 is 10.9.